The van der Waals surface area contributed by atoms with Gasteiger partial charge in [0.25, 0.3) is 11.8 Å². The third kappa shape index (κ3) is 1.46. The Labute approximate surface area is 82.2 Å². The molecule has 76 valence electrons. The Kier molecular flexibility index (Phi) is 2.37. The third-order valence-corrected chi connectivity index (χ3v) is 2.97. The van der Waals surface area contributed by atoms with E-state index in [0.717, 1.165) is 25.7 Å². The normalized spacial score (nSPS) is 24.4. The Balaban J connectivity index is 2.14. The lowest BCUT2D eigenvalue weighted by atomic mass is 9.84. The van der Waals surface area contributed by atoms with Gasteiger partial charge in [0.2, 0.25) is 0 Å². The molecule has 0 aromatic heterocycles. The van der Waals surface area contributed by atoms with Crippen LogP contribution >= 0.6 is 0 Å². The summed E-state index contributed by atoms with van der Waals surface area (Å²) < 4.78 is 0. The lowest BCUT2D eigenvalue weighted by molar-refractivity contribution is -0.169. The molecule has 1 aliphatic carbocycles. The first-order chi connectivity index (χ1) is 6.70. The van der Waals surface area contributed by atoms with Crippen LogP contribution in [0.5, 0.6) is 0 Å². The van der Waals surface area contributed by atoms with E-state index in [1.165, 1.54) is 12.5 Å². The molecule has 14 heavy (non-hydrogen) atoms. The summed E-state index contributed by atoms with van der Waals surface area (Å²) in [5.41, 5.74) is 0.497. The molecule has 0 aromatic carbocycles. The van der Waals surface area contributed by atoms with Crippen molar-refractivity contribution in [3.05, 3.63) is 11.6 Å². The van der Waals surface area contributed by atoms with Crippen LogP contribution in [0.1, 0.15) is 32.1 Å². The number of rotatable bonds is 1. The number of carbonyl (C=O) groups excluding carboxylic acids is 2. The van der Waals surface area contributed by atoms with Crippen molar-refractivity contribution in [2.24, 2.45) is 5.92 Å². The average Bonchev–Trinajstić information content (AvgIpc) is 2.47. The van der Waals surface area contributed by atoms with Crippen LogP contribution < -0.4 is 0 Å². The summed E-state index contributed by atoms with van der Waals surface area (Å²) in [6.07, 6.45) is 6.61. The highest BCUT2D eigenvalue weighted by molar-refractivity contribution is 6.15. The zero-order valence-corrected chi connectivity index (χ0v) is 7.90. The fraction of sp³-hybridized carbons (Fsp3) is 0.600. The fourth-order valence-corrected chi connectivity index (χ4v) is 2.18. The molecule has 1 N–H and O–H groups in total. The molecule has 1 fully saturated rings. The minimum Gasteiger partial charge on any atom is -0.278 e. The quantitative estimate of drug-likeness (QED) is 0.506. The number of amides is 2. The number of nitrogens with zero attached hydrogens (tertiary/aromatic N) is 1. The van der Waals surface area contributed by atoms with Crippen LogP contribution in [0.15, 0.2) is 11.6 Å². The second kappa shape index (κ2) is 3.53. The van der Waals surface area contributed by atoms with Crippen molar-refractivity contribution in [3.8, 4) is 0 Å². The van der Waals surface area contributed by atoms with Gasteiger partial charge in [-0.15, -0.1) is 5.06 Å². The second-order valence-corrected chi connectivity index (χ2v) is 3.89. The maximum Gasteiger partial charge on any atom is 0.281 e. The van der Waals surface area contributed by atoms with E-state index < -0.39 is 11.8 Å². The lowest BCUT2D eigenvalue weighted by Gasteiger charge is -2.21. The topological polar surface area (TPSA) is 57.6 Å². The molecule has 0 aromatic rings. The van der Waals surface area contributed by atoms with Gasteiger partial charge in [0.05, 0.1) is 0 Å². The number of carbonyl (C=O) groups is 2. The SMILES string of the molecule is O=C1C=C(C2CCCCC2)C(=O)N1O. The highest BCUT2D eigenvalue weighted by Gasteiger charge is 2.34. The van der Waals surface area contributed by atoms with Gasteiger partial charge in [-0.1, -0.05) is 19.3 Å². The first-order valence-corrected chi connectivity index (χ1v) is 4.99. The van der Waals surface area contributed by atoms with Crippen molar-refractivity contribution in [2.45, 2.75) is 32.1 Å². The summed E-state index contributed by atoms with van der Waals surface area (Å²) in [7, 11) is 0. The van der Waals surface area contributed by atoms with Crippen LogP contribution in [0.3, 0.4) is 0 Å². The van der Waals surface area contributed by atoms with E-state index in [4.69, 9.17) is 5.21 Å². The molecule has 2 aliphatic rings. The van der Waals surface area contributed by atoms with Crippen molar-refractivity contribution < 1.29 is 14.8 Å². The number of hydroxylamine groups is 2. The standard InChI is InChI=1S/C10H13NO3/c12-9-6-8(10(13)11(9)14)7-4-2-1-3-5-7/h6-7,14H,1-5H2. The van der Waals surface area contributed by atoms with Gasteiger partial charge in [-0.2, -0.15) is 0 Å². The van der Waals surface area contributed by atoms with Gasteiger partial charge in [0, 0.05) is 11.6 Å². The van der Waals surface area contributed by atoms with Crippen molar-refractivity contribution in [3.63, 3.8) is 0 Å². The Morgan fingerprint density at radius 1 is 1.21 bits per heavy atom. The van der Waals surface area contributed by atoms with Crippen LogP contribution in [-0.4, -0.2) is 22.1 Å². The molecule has 2 rings (SSSR count). The van der Waals surface area contributed by atoms with Crippen molar-refractivity contribution in [1.82, 2.24) is 5.06 Å². The van der Waals surface area contributed by atoms with Gasteiger partial charge in [0.15, 0.2) is 0 Å². The summed E-state index contributed by atoms with van der Waals surface area (Å²) in [4.78, 5) is 22.4. The highest BCUT2D eigenvalue weighted by Crippen LogP contribution is 2.32. The zero-order chi connectivity index (χ0) is 10.1. The lowest BCUT2D eigenvalue weighted by Crippen LogP contribution is -2.28. The first kappa shape index (κ1) is 9.40. The summed E-state index contributed by atoms with van der Waals surface area (Å²) in [5, 5.41) is 9.26. The predicted octanol–water partition coefficient (Wildman–Crippen LogP) is 1.25. The smallest absolute Gasteiger partial charge is 0.278 e. The van der Waals surface area contributed by atoms with E-state index in [0.29, 0.717) is 5.57 Å². The summed E-state index contributed by atoms with van der Waals surface area (Å²) >= 11 is 0. The van der Waals surface area contributed by atoms with E-state index in [1.807, 2.05) is 0 Å². The molecule has 1 heterocycles. The van der Waals surface area contributed by atoms with E-state index in [9.17, 15) is 9.59 Å². The van der Waals surface area contributed by atoms with Gasteiger partial charge in [-0.3, -0.25) is 14.8 Å². The largest absolute Gasteiger partial charge is 0.281 e. The van der Waals surface area contributed by atoms with Crippen LogP contribution in [0.4, 0.5) is 0 Å². The molecule has 0 bridgehead atoms. The first-order valence-electron chi connectivity index (χ1n) is 4.99. The maximum atomic E-state index is 11.4. The minimum atomic E-state index is -0.601. The van der Waals surface area contributed by atoms with E-state index in [2.05, 4.69) is 0 Å². The minimum absolute atomic E-state index is 0.178. The molecule has 0 atom stereocenters. The number of hydrogen-bond donors (Lipinski definition) is 1. The van der Waals surface area contributed by atoms with Crippen LogP contribution in [0.2, 0.25) is 0 Å². The number of imide groups is 1. The molecule has 0 saturated heterocycles. The molecular weight excluding hydrogens is 182 g/mol. The Morgan fingerprint density at radius 3 is 2.36 bits per heavy atom. The van der Waals surface area contributed by atoms with Crippen LogP contribution in [0, 0.1) is 5.92 Å². The van der Waals surface area contributed by atoms with Gasteiger partial charge >= 0.3 is 0 Å². The molecule has 4 nitrogen and oxygen atoms in total. The number of hydrogen-bond acceptors (Lipinski definition) is 3. The molecule has 4 heteroatoms. The van der Waals surface area contributed by atoms with Crippen LogP contribution in [0.25, 0.3) is 0 Å². The zero-order valence-electron chi connectivity index (χ0n) is 7.90. The fourth-order valence-electron chi connectivity index (χ4n) is 2.18. The van der Waals surface area contributed by atoms with Gasteiger partial charge < -0.3 is 0 Å². The van der Waals surface area contributed by atoms with Crippen molar-refractivity contribution in [1.29, 1.82) is 0 Å². The summed E-state index contributed by atoms with van der Waals surface area (Å²) in [6, 6.07) is 0. The summed E-state index contributed by atoms with van der Waals surface area (Å²) in [6.45, 7) is 0. The van der Waals surface area contributed by atoms with E-state index in [-0.39, 0.29) is 11.0 Å². The van der Waals surface area contributed by atoms with Gasteiger partial charge in [-0.05, 0) is 18.8 Å². The van der Waals surface area contributed by atoms with Gasteiger partial charge in [0.1, 0.15) is 0 Å². The molecule has 1 saturated carbocycles. The van der Waals surface area contributed by atoms with Gasteiger partial charge in [-0.25, -0.2) is 0 Å². The van der Waals surface area contributed by atoms with Crippen LogP contribution in [-0.2, 0) is 9.59 Å². The highest BCUT2D eigenvalue weighted by atomic mass is 16.5. The monoisotopic (exact) mass is 195 g/mol. The molecule has 0 unspecified atom stereocenters. The van der Waals surface area contributed by atoms with E-state index >= 15 is 0 Å². The molecule has 1 aliphatic heterocycles. The Bertz CT molecular complexity index is 302. The molecular formula is C10H13NO3. The average molecular weight is 195 g/mol. The predicted molar refractivity (Wildman–Crippen MR) is 48.3 cm³/mol. The summed E-state index contributed by atoms with van der Waals surface area (Å²) in [5.74, 6) is -0.949. The van der Waals surface area contributed by atoms with Crippen molar-refractivity contribution in [2.75, 3.05) is 0 Å². The molecule has 2 amide bonds. The maximum absolute atomic E-state index is 11.4. The Hall–Kier alpha value is -1.16. The molecule has 0 spiro atoms. The third-order valence-electron chi connectivity index (χ3n) is 2.97. The van der Waals surface area contributed by atoms with Crippen molar-refractivity contribution >= 4 is 11.8 Å². The van der Waals surface area contributed by atoms with E-state index in [1.54, 1.807) is 0 Å². The molecule has 0 radical (unpaired) electrons. The Morgan fingerprint density at radius 2 is 1.86 bits per heavy atom. The second-order valence-electron chi connectivity index (χ2n) is 3.89.